The van der Waals surface area contributed by atoms with E-state index < -0.39 is 11.9 Å². The monoisotopic (exact) mass is 252 g/mol. The zero-order valence-corrected chi connectivity index (χ0v) is 9.44. The molecule has 1 aliphatic heterocycles. The van der Waals surface area contributed by atoms with E-state index in [-0.39, 0.29) is 17.8 Å². The van der Waals surface area contributed by atoms with E-state index in [0.29, 0.717) is 10.7 Å². The van der Waals surface area contributed by atoms with Crippen LogP contribution in [-0.4, -0.2) is 17.0 Å². The minimum atomic E-state index is -1.19. The van der Waals surface area contributed by atoms with E-state index in [4.69, 9.17) is 22.4 Å². The lowest BCUT2D eigenvalue weighted by molar-refractivity contribution is -0.133. The molecule has 5 nitrogen and oxygen atoms in total. The molecular weight excluding hydrogens is 244 g/mol. The fourth-order valence-electron chi connectivity index (χ4n) is 1.67. The zero-order valence-electron chi connectivity index (χ0n) is 8.68. The third kappa shape index (κ3) is 1.85. The van der Waals surface area contributed by atoms with Crippen LogP contribution in [0.15, 0.2) is 35.7 Å². The number of benzene rings is 1. The summed E-state index contributed by atoms with van der Waals surface area (Å²) in [5.41, 5.74) is 5.96. The summed E-state index contributed by atoms with van der Waals surface area (Å²) < 4.78 is 0. The van der Waals surface area contributed by atoms with E-state index in [1.807, 2.05) is 0 Å². The molecule has 0 saturated heterocycles. The number of carbonyl (C=O) groups is 2. The lowest BCUT2D eigenvalue weighted by Gasteiger charge is -2.18. The molecule has 88 valence electrons. The number of nitrogens with zero attached hydrogens (tertiary/aromatic N) is 1. The molecule has 0 bridgehead atoms. The predicted molar refractivity (Wildman–Crippen MR) is 62.4 cm³/mol. The SMILES string of the molecule is NC1=C(C(=O)O)CC(=O)N1c1ccccc1Cl. The minimum absolute atomic E-state index is 0.0735. The Balaban J connectivity index is 2.50. The van der Waals surface area contributed by atoms with Gasteiger partial charge in [-0.15, -0.1) is 0 Å². The smallest absolute Gasteiger partial charge is 0.335 e. The van der Waals surface area contributed by atoms with Gasteiger partial charge < -0.3 is 10.8 Å². The van der Waals surface area contributed by atoms with Gasteiger partial charge in [-0.1, -0.05) is 23.7 Å². The third-order valence-electron chi connectivity index (χ3n) is 2.48. The van der Waals surface area contributed by atoms with Crippen molar-refractivity contribution in [3.63, 3.8) is 0 Å². The molecule has 2 rings (SSSR count). The summed E-state index contributed by atoms with van der Waals surface area (Å²) in [5.74, 6) is -1.66. The fraction of sp³-hybridized carbons (Fsp3) is 0.0909. The average Bonchev–Trinajstić information content (AvgIpc) is 2.56. The second kappa shape index (κ2) is 4.10. The first-order chi connectivity index (χ1) is 8.02. The highest BCUT2D eigenvalue weighted by atomic mass is 35.5. The topological polar surface area (TPSA) is 83.6 Å². The maximum atomic E-state index is 11.7. The molecule has 1 aromatic carbocycles. The standard InChI is InChI=1S/C11H9ClN2O3/c12-7-3-1-2-4-8(7)14-9(15)5-6(10(14)13)11(16)17/h1-4H,5,13H2,(H,16,17). The highest BCUT2D eigenvalue weighted by molar-refractivity contribution is 6.34. The van der Waals surface area contributed by atoms with E-state index in [1.165, 1.54) is 0 Å². The number of para-hydroxylation sites is 1. The van der Waals surface area contributed by atoms with Gasteiger partial charge in [0.1, 0.15) is 5.82 Å². The average molecular weight is 253 g/mol. The molecule has 17 heavy (non-hydrogen) atoms. The number of anilines is 1. The Morgan fingerprint density at radius 3 is 2.59 bits per heavy atom. The molecule has 1 heterocycles. The molecular formula is C11H9ClN2O3. The summed E-state index contributed by atoms with van der Waals surface area (Å²) >= 11 is 5.94. The number of carboxylic acid groups (broad SMARTS) is 1. The van der Waals surface area contributed by atoms with Gasteiger partial charge in [0.25, 0.3) is 0 Å². The van der Waals surface area contributed by atoms with Crippen LogP contribution in [0, 0.1) is 0 Å². The zero-order chi connectivity index (χ0) is 12.6. The van der Waals surface area contributed by atoms with E-state index in [2.05, 4.69) is 0 Å². The first kappa shape index (κ1) is 11.5. The predicted octanol–water partition coefficient (Wildman–Crippen LogP) is 1.33. The summed E-state index contributed by atoms with van der Waals surface area (Å²) in [7, 11) is 0. The number of rotatable bonds is 2. The Hall–Kier alpha value is -2.01. The molecule has 1 aliphatic rings. The van der Waals surface area contributed by atoms with Gasteiger partial charge >= 0.3 is 5.97 Å². The molecule has 0 atom stereocenters. The van der Waals surface area contributed by atoms with E-state index >= 15 is 0 Å². The van der Waals surface area contributed by atoms with Crippen molar-refractivity contribution in [2.45, 2.75) is 6.42 Å². The van der Waals surface area contributed by atoms with Gasteiger partial charge in [-0.05, 0) is 12.1 Å². The lowest BCUT2D eigenvalue weighted by atomic mass is 10.2. The van der Waals surface area contributed by atoms with Gasteiger partial charge in [0.05, 0.1) is 22.7 Å². The van der Waals surface area contributed by atoms with Crippen molar-refractivity contribution >= 4 is 29.2 Å². The van der Waals surface area contributed by atoms with Crippen molar-refractivity contribution < 1.29 is 14.7 Å². The molecule has 3 N–H and O–H groups in total. The van der Waals surface area contributed by atoms with Gasteiger partial charge in [0, 0.05) is 0 Å². The minimum Gasteiger partial charge on any atom is -0.478 e. The van der Waals surface area contributed by atoms with Crippen molar-refractivity contribution in [2.75, 3.05) is 4.90 Å². The van der Waals surface area contributed by atoms with Crippen molar-refractivity contribution in [1.29, 1.82) is 0 Å². The number of aliphatic carboxylic acids is 1. The maximum Gasteiger partial charge on any atom is 0.335 e. The Morgan fingerprint density at radius 2 is 2.06 bits per heavy atom. The molecule has 0 aromatic heterocycles. The van der Waals surface area contributed by atoms with Gasteiger partial charge in [0.2, 0.25) is 5.91 Å². The van der Waals surface area contributed by atoms with Crippen LogP contribution >= 0.6 is 11.6 Å². The summed E-state index contributed by atoms with van der Waals surface area (Å²) in [5, 5.41) is 9.23. The highest BCUT2D eigenvalue weighted by Gasteiger charge is 2.33. The number of amides is 1. The second-order valence-electron chi connectivity index (χ2n) is 3.53. The summed E-state index contributed by atoms with van der Waals surface area (Å²) in [6, 6.07) is 6.62. The first-order valence-corrected chi connectivity index (χ1v) is 5.19. The number of carboxylic acids is 1. The molecule has 0 aliphatic carbocycles. The number of carbonyl (C=O) groups excluding carboxylic acids is 1. The summed E-state index contributed by atoms with van der Waals surface area (Å²) in [6.07, 6.45) is -0.216. The van der Waals surface area contributed by atoms with Crippen LogP contribution in [0.2, 0.25) is 5.02 Å². The molecule has 1 amide bonds. The Kier molecular flexibility index (Phi) is 2.77. The molecule has 1 aromatic rings. The number of halogens is 1. The lowest BCUT2D eigenvalue weighted by Crippen LogP contribution is -2.29. The second-order valence-corrected chi connectivity index (χ2v) is 3.93. The van der Waals surface area contributed by atoms with Crippen LogP contribution in [-0.2, 0) is 9.59 Å². The Bertz CT molecular complexity index is 539. The maximum absolute atomic E-state index is 11.7. The molecule has 0 radical (unpaired) electrons. The molecule has 0 spiro atoms. The highest BCUT2D eigenvalue weighted by Crippen LogP contribution is 2.32. The quantitative estimate of drug-likeness (QED) is 0.832. The van der Waals surface area contributed by atoms with Crippen LogP contribution < -0.4 is 10.6 Å². The van der Waals surface area contributed by atoms with Crippen LogP contribution in [0.5, 0.6) is 0 Å². The van der Waals surface area contributed by atoms with Crippen molar-refractivity contribution in [2.24, 2.45) is 5.73 Å². The van der Waals surface area contributed by atoms with Crippen molar-refractivity contribution in [3.05, 3.63) is 40.7 Å². The Morgan fingerprint density at radius 1 is 1.41 bits per heavy atom. The third-order valence-corrected chi connectivity index (χ3v) is 2.80. The van der Waals surface area contributed by atoms with Gasteiger partial charge in [-0.3, -0.25) is 9.69 Å². The van der Waals surface area contributed by atoms with Gasteiger partial charge in [-0.2, -0.15) is 0 Å². The van der Waals surface area contributed by atoms with Crippen LogP contribution in [0.1, 0.15) is 6.42 Å². The van der Waals surface area contributed by atoms with Crippen LogP contribution in [0.3, 0.4) is 0 Å². The van der Waals surface area contributed by atoms with Crippen molar-refractivity contribution in [3.8, 4) is 0 Å². The van der Waals surface area contributed by atoms with E-state index in [0.717, 1.165) is 4.90 Å². The largest absolute Gasteiger partial charge is 0.478 e. The summed E-state index contributed by atoms with van der Waals surface area (Å²) in [6.45, 7) is 0. The first-order valence-electron chi connectivity index (χ1n) is 4.81. The van der Waals surface area contributed by atoms with E-state index in [9.17, 15) is 9.59 Å². The Labute approximate surface area is 102 Å². The molecule has 0 fully saturated rings. The fourth-order valence-corrected chi connectivity index (χ4v) is 1.89. The van der Waals surface area contributed by atoms with Gasteiger partial charge in [0.15, 0.2) is 0 Å². The number of hydrogen-bond acceptors (Lipinski definition) is 3. The number of hydrogen-bond donors (Lipinski definition) is 2. The molecule has 0 unspecified atom stereocenters. The molecule has 6 heteroatoms. The molecule has 0 saturated carbocycles. The summed E-state index contributed by atoms with van der Waals surface area (Å²) in [4.78, 5) is 23.7. The van der Waals surface area contributed by atoms with Crippen molar-refractivity contribution in [1.82, 2.24) is 0 Å². The van der Waals surface area contributed by atoms with Crippen LogP contribution in [0.4, 0.5) is 5.69 Å². The van der Waals surface area contributed by atoms with E-state index in [1.54, 1.807) is 24.3 Å². The van der Waals surface area contributed by atoms with Gasteiger partial charge in [-0.25, -0.2) is 4.79 Å². The van der Waals surface area contributed by atoms with Crippen LogP contribution in [0.25, 0.3) is 0 Å². The number of nitrogens with two attached hydrogens (primary N) is 1. The normalized spacial score (nSPS) is 15.6.